The topological polar surface area (TPSA) is 0 Å². The van der Waals surface area contributed by atoms with E-state index in [0.717, 1.165) is 0 Å². The summed E-state index contributed by atoms with van der Waals surface area (Å²) in [6.45, 7) is 0. The van der Waals surface area contributed by atoms with E-state index >= 15 is 0 Å². The van der Waals surface area contributed by atoms with Gasteiger partial charge in [0.25, 0.3) is 0 Å². The van der Waals surface area contributed by atoms with Crippen LogP contribution in [0.15, 0.2) is 9.36 Å². The van der Waals surface area contributed by atoms with E-state index < -0.39 is 0 Å². The molecule has 0 N–H and O–H groups in total. The van der Waals surface area contributed by atoms with Crippen molar-refractivity contribution in [3.63, 3.8) is 0 Å². The second-order valence-corrected chi connectivity index (χ2v) is 2.16. The molecule has 0 nitrogen and oxygen atoms in total. The Bertz CT molecular complexity index is 45.6. The van der Waals surface area contributed by atoms with Gasteiger partial charge in [-0.3, -0.25) is 0 Å². The molecule has 0 saturated carbocycles. The fourth-order valence-electron chi connectivity index (χ4n) is 0. The van der Waals surface area contributed by atoms with Crippen molar-refractivity contribution in [1.29, 1.82) is 0 Å². The molecule has 0 aliphatic rings. The molecule has 5 heavy (non-hydrogen) atoms. The van der Waals surface area contributed by atoms with E-state index in [1.54, 1.807) is 4.86 Å². The van der Waals surface area contributed by atoms with Crippen molar-refractivity contribution in [3.05, 3.63) is 9.36 Å². The van der Waals surface area contributed by atoms with Crippen LogP contribution in [-0.2, 0) is 0 Å². The van der Waals surface area contributed by atoms with E-state index in [0.29, 0.717) is 4.49 Å². The van der Waals surface area contributed by atoms with Gasteiger partial charge in [-0.1, -0.05) is 0 Å². The molecule has 0 rings (SSSR count). The Hall–Kier alpha value is 0.878. The maximum atomic E-state index is 5.10. The Morgan fingerprint density at radius 1 is 1.60 bits per heavy atom. The molecule has 0 fully saturated rings. The predicted octanol–water partition coefficient (Wildman–Crippen LogP) is 0.896. The van der Waals surface area contributed by atoms with Crippen molar-refractivity contribution < 1.29 is 0 Å². The second kappa shape index (κ2) is 3.08. The first-order chi connectivity index (χ1) is 2.27. The molecule has 0 aromatic heterocycles. The molecular weight excluding hydrogens is 170 g/mol. The minimum atomic E-state index is 0.352. The Balaban J connectivity index is 3.14. The van der Waals surface area contributed by atoms with E-state index in [-0.39, 0.29) is 0 Å². The fourth-order valence-corrected chi connectivity index (χ4v) is 0. The van der Waals surface area contributed by atoms with Crippen LogP contribution < -0.4 is 0 Å². The first-order valence-electron chi connectivity index (χ1n) is 1.000. The summed E-state index contributed by atoms with van der Waals surface area (Å²) in [5.74, 6) is 0. The molecule has 1 atom stereocenters. The Morgan fingerprint density at radius 3 is 1.80 bits per heavy atom. The van der Waals surface area contributed by atoms with Gasteiger partial charge in [0.2, 0.25) is 0 Å². The summed E-state index contributed by atoms with van der Waals surface area (Å²) in [6, 6.07) is 0. The number of halogens is 2. The normalized spacial score (nSPS) is 7.00. The zero-order valence-electron chi connectivity index (χ0n) is 2.41. The molecule has 0 amide bonds. The summed E-state index contributed by atoms with van der Waals surface area (Å²) in [5.41, 5.74) is 0. The van der Waals surface area contributed by atoms with Gasteiger partial charge in [0.05, 0.1) is 0 Å². The van der Waals surface area contributed by atoms with Gasteiger partial charge < -0.3 is 0 Å². The van der Waals surface area contributed by atoms with Crippen molar-refractivity contribution in [2.45, 2.75) is 0 Å². The second-order valence-electron chi connectivity index (χ2n) is 0.456. The van der Waals surface area contributed by atoms with Crippen LogP contribution in [0.2, 0.25) is 0 Å². The average molecular weight is 173 g/mol. The molecule has 0 aromatic rings. The third kappa shape index (κ3) is 4.88. The van der Waals surface area contributed by atoms with Gasteiger partial charge in [-0.25, -0.2) is 0 Å². The zero-order valence-corrected chi connectivity index (χ0v) is 6.35. The molecule has 3 heteroatoms. The van der Waals surface area contributed by atoms with E-state index in [1.807, 2.05) is 0 Å². The van der Waals surface area contributed by atoms with Crippen molar-refractivity contribution in [2.75, 3.05) is 0 Å². The number of hydrogen-bond donors (Lipinski definition) is 0. The van der Waals surface area contributed by atoms with Crippen LogP contribution in [-0.4, -0.2) is 16.9 Å². The summed E-state index contributed by atoms with van der Waals surface area (Å²) in [7, 11) is 0. The number of rotatable bonds is 0. The molecule has 0 aromatic carbocycles. The molecule has 0 aliphatic heterocycles. The van der Waals surface area contributed by atoms with E-state index in [2.05, 4.69) is 0 Å². The molecule has 1 unspecified atom stereocenters. The summed E-state index contributed by atoms with van der Waals surface area (Å²) in [4.78, 5) is 1.68. The van der Waals surface area contributed by atoms with E-state index in [4.69, 9.17) is 23.2 Å². The molecule has 0 radical (unpaired) electrons. The molecule has 0 bridgehead atoms. The third-order valence-corrected chi connectivity index (χ3v) is 1.96. The molecular formula is C2H3AsCl2. The van der Waals surface area contributed by atoms with Crippen molar-refractivity contribution in [3.8, 4) is 0 Å². The van der Waals surface area contributed by atoms with Crippen LogP contribution in [0.25, 0.3) is 0 Å². The van der Waals surface area contributed by atoms with Gasteiger partial charge in [0.15, 0.2) is 0 Å². The Labute approximate surface area is 49.6 Å². The van der Waals surface area contributed by atoms with Gasteiger partial charge in [0, 0.05) is 0 Å². The van der Waals surface area contributed by atoms with Crippen LogP contribution >= 0.6 is 23.2 Å². The summed E-state index contributed by atoms with van der Waals surface area (Å²) in [5, 5.41) is 0. The predicted molar refractivity (Wildman–Crippen MR) is 28.3 cm³/mol. The van der Waals surface area contributed by atoms with Crippen LogP contribution in [0, 0.1) is 0 Å². The molecule has 0 heterocycles. The average Bonchev–Trinajstić information content (AvgIpc) is 1.38. The Kier molecular flexibility index (Phi) is 3.63. The van der Waals surface area contributed by atoms with E-state index in [1.165, 1.54) is 16.9 Å². The summed E-state index contributed by atoms with van der Waals surface area (Å²) >= 11 is 11.6. The van der Waals surface area contributed by atoms with Crippen LogP contribution in [0.4, 0.5) is 0 Å². The fraction of sp³-hybridized carbons (Fsp3) is 0. The zero-order chi connectivity index (χ0) is 4.28. The van der Waals surface area contributed by atoms with Gasteiger partial charge >= 0.3 is 49.4 Å². The van der Waals surface area contributed by atoms with Crippen molar-refractivity contribution in [2.24, 2.45) is 0 Å². The van der Waals surface area contributed by atoms with Gasteiger partial charge in [-0.15, -0.1) is 0 Å². The summed E-state index contributed by atoms with van der Waals surface area (Å²) in [6.07, 6.45) is 0. The van der Waals surface area contributed by atoms with E-state index in [9.17, 15) is 0 Å². The van der Waals surface area contributed by atoms with Crippen LogP contribution in [0.3, 0.4) is 0 Å². The van der Waals surface area contributed by atoms with Crippen LogP contribution in [0.1, 0.15) is 0 Å². The summed E-state index contributed by atoms with van der Waals surface area (Å²) < 4.78 is 0.352. The minimum absolute atomic E-state index is 0.352. The quantitative estimate of drug-likeness (QED) is 0.477. The maximum absolute atomic E-state index is 5.10. The molecule has 0 saturated heterocycles. The monoisotopic (exact) mass is 172 g/mol. The molecule has 0 spiro atoms. The van der Waals surface area contributed by atoms with Crippen molar-refractivity contribution >= 4 is 40.1 Å². The number of hydrogen-bond acceptors (Lipinski definition) is 0. The first kappa shape index (κ1) is 5.88. The third-order valence-electron chi connectivity index (χ3n) is 0.126. The SMILES string of the molecule is ClC(Cl)=C[AsH2]. The van der Waals surface area contributed by atoms with Gasteiger partial charge in [-0.2, -0.15) is 0 Å². The van der Waals surface area contributed by atoms with Crippen LogP contribution in [0.5, 0.6) is 0 Å². The van der Waals surface area contributed by atoms with Gasteiger partial charge in [0.1, 0.15) is 0 Å². The van der Waals surface area contributed by atoms with Crippen molar-refractivity contribution in [1.82, 2.24) is 0 Å². The standard InChI is InChI=1S/C2H3AsCl2/c3-1-2(4)5/h1H,3H2. The Morgan fingerprint density at radius 2 is 1.80 bits per heavy atom. The molecule has 30 valence electrons. The molecule has 0 aliphatic carbocycles. The van der Waals surface area contributed by atoms with Gasteiger partial charge in [-0.05, 0) is 0 Å². The first-order valence-corrected chi connectivity index (χ1v) is 3.15.